The molecule has 0 unspecified atom stereocenters. The molecule has 1 aromatic heterocycles. The van der Waals surface area contributed by atoms with Crippen LogP contribution in [0.1, 0.15) is 18.6 Å². The Balaban J connectivity index is 1.29. The smallest absolute Gasteiger partial charge is 0.254 e. The summed E-state index contributed by atoms with van der Waals surface area (Å²) in [6, 6.07) is 29.2. The molecule has 0 saturated carbocycles. The summed E-state index contributed by atoms with van der Waals surface area (Å²) in [6.45, 7) is 1.75. The third kappa shape index (κ3) is 6.92. The van der Waals surface area contributed by atoms with Gasteiger partial charge in [-0.1, -0.05) is 42.1 Å². The van der Waals surface area contributed by atoms with E-state index in [9.17, 15) is 14.9 Å². The second kappa shape index (κ2) is 13.5. The van der Waals surface area contributed by atoms with Gasteiger partial charge in [-0.3, -0.25) is 9.59 Å². The van der Waals surface area contributed by atoms with Gasteiger partial charge in [0.1, 0.15) is 23.0 Å². The summed E-state index contributed by atoms with van der Waals surface area (Å²) in [5, 5.41) is 19.6. The van der Waals surface area contributed by atoms with Crippen LogP contribution in [0.3, 0.4) is 0 Å². The minimum atomic E-state index is -0.779. The monoisotopic (exact) mass is 592 g/mol. The van der Waals surface area contributed by atoms with Crippen molar-refractivity contribution in [2.75, 3.05) is 23.5 Å². The van der Waals surface area contributed by atoms with Crippen molar-refractivity contribution >= 4 is 35.0 Å². The molecule has 0 saturated heterocycles. The van der Waals surface area contributed by atoms with Gasteiger partial charge in [-0.2, -0.15) is 5.26 Å². The first-order valence-electron chi connectivity index (χ1n) is 13.3. The lowest BCUT2D eigenvalue weighted by molar-refractivity contribution is -0.114. The molecular formula is C33H28N4O5S. The van der Waals surface area contributed by atoms with E-state index in [1.54, 1.807) is 67.6 Å². The lowest BCUT2D eigenvalue weighted by Crippen LogP contribution is -2.31. The molecule has 1 atom stereocenters. The van der Waals surface area contributed by atoms with E-state index in [-0.39, 0.29) is 17.2 Å². The number of nitrogens with one attached hydrogen (secondary N) is 3. The van der Waals surface area contributed by atoms with E-state index in [2.05, 4.69) is 22.0 Å². The number of hydrogen-bond donors (Lipinski definition) is 3. The fraction of sp³-hybridized carbons (Fsp3) is 0.121. The average Bonchev–Trinajstić information content (AvgIpc) is 3.56. The molecule has 0 spiro atoms. The van der Waals surface area contributed by atoms with Crippen LogP contribution < -0.4 is 25.4 Å². The van der Waals surface area contributed by atoms with Crippen LogP contribution in [-0.4, -0.2) is 24.7 Å². The summed E-state index contributed by atoms with van der Waals surface area (Å²) >= 11 is 1.17. The number of amides is 2. The zero-order valence-electron chi connectivity index (χ0n) is 23.4. The highest BCUT2D eigenvalue weighted by Crippen LogP contribution is 2.41. The molecule has 3 aromatic carbocycles. The molecule has 2 heterocycles. The SMILES string of the molecule is COc1ccccc1NC(=O)C1=C(C)NC(SCC(=O)Nc2ccc(Oc3ccccc3)cc2)=C(C#N)[C@H]1c1ccco1. The highest BCUT2D eigenvalue weighted by Gasteiger charge is 2.36. The van der Waals surface area contributed by atoms with Crippen LogP contribution in [0.2, 0.25) is 0 Å². The van der Waals surface area contributed by atoms with Gasteiger partial charge in [0.2, 0.25) is 5.91 Å². The quantitative estimate of drug-likeness (QED) is 0.184. The summed E-state index contributed by atoms with van der Waals surface area (Å²) in [6.07, 6.45) is 1.49. The van der Waals surface area contributed by atoms with Crippen molar-refractivity contribution in [1.82, 2.24) is 5.32 Å². The summed E-state index contributed by atoms with van der Waals surface area (Å²) in [4.78, 5) is 26.4. The van der Waals surface area contributed by atoms with Gasteiger partial charge < -0.3 is 29.8 Å². The number of ether oxygens (including phenoxy) is 2. The van der Waals surface area contributed by atoms with Gasteiger partial charge in [0, 0.05) is 11.4 Å². The molecule has 216 valence electrons. The zero-order chi connectivity index (χ0) is 30.2. The number of thioether (sulfide) groups is 1. The number of dihydropyridines is 1. The Morgan fingerprint density at radius 2 is 1.67 bits per heavy atom. The third-order valence-electron chi connectivity index (χ3n) is 6.54. The summed E-state index contributed by atoms with van der Waals surface area (Å²) in [5.74, 6) is 0.872. The number of hydrogen-bond acceptors (Lipinski definition) is 8. The largest absolute Gasteiger partial charge is 0.495 e. The van der Waals surface area contributed by atoms with Gasteiger partial charge in [0.15, 0.2) is 0 Å². The molecule has 1 aliphatic rings. The molecule has 5 rings (SSSR count). The van der Waals surface area contributed by atoms with E-state index in [0.717, 1.165) is 5.75 Å². The lowest BCUT2D eigenvalue weighted by Gasteiger charge is -2.28. The Morgan fingerprint density at radius 3 is 2.37 bits per heavy atom. The predicted octanol–water partition coefficient (Wildman–Crippen LogP) is 6.79. The Bertz CT molecular complexity index is 1710. The minimum absolute atomic E-state index is 0.0245. The van der Waals surface area contributed by atoms with Gasteiger partial charge in [0.25, 0.3) is 5.91 Å². The number of anilines is 2. The fourth-order valence-corrected chi connectivity index (χ4v) is 5.46. The number of nitriles is 1. The Hall–Kier alpha value is -5.40. The summed E-state index contributed by atoms with van der Waals surface area (Å²) in [7, 11) is 1.52. The van der Waals surface area contributed by atoms with Crippen LogP contribution in [0, 0.1) is 11.3 Å². The number of furan rings is 1. The van der Waals surface area contributed by atoms with Crippen LogP contribution in [0.4, 0.5) is 11.4 Å². The minimum Gasteiger partial charge on any atom is -0.495 e. The van der Waals surface area contributed by atoms with Crippen LogP contribution in [0.5, 0.6) is 17.2 Å². The lowest BCUT2D eigenvalue weighted by atomic mass is 9.85. The van der Waals surface area contributed by atoms with E-state index in [1.807, 2.05) is 30.3 Å². The maximum Gasteiger partial charge on any atom is 0.254 e. The van der Waals surface area contributed by atoms with E-state index < -0.39 is 11.8 Å². The number of benzene rings is 3. The normalized spacial score (nSPS) is 14.4. The standard InChI is InChI=1S/C33H28N4O5S/c1-21-30(32(39)37-26-11-6-7-12-27(26)40-2)31(28-13-8-18-41-28)25(19-34)33(35-21)43-20-29(38)36-22-14-16-24(17-15-22)42-23-9-4-3-5-10-23/h3-18,31,35H,20H2,1-2H3,(H,36,38)(H,37,39)/t31-/m0/s1. The summed E-state index contributed by atoms with van der Waals surface area (Å²) in [5.41, 5.74) is 2.23. The topological polar surface area (TPSA) is 126 Å². The Kier molecular flexibility index (Phi) is 9.14. The highest BCUT2D eigenvalue weighted by atomic mass is 32.2. The van der Waals surface area contributed by atoms with Gasteiger partial charge in [-0.05, 0) is 67.6 Å². The molecule has 4 aromatic rings. The molecular weight excluding hydrogens is 564 g/mol. The Morgan fingerprint density at radius 1 is 0.953 bits per heavy atom. The number of nitrogens with zero attached hydrogens (tertiary/aromatic N) is 1. The zero-order valence-corrected chi connectivity index (χ0v) is 24.2. The Labute approximate surface area is 253 Å². The second-order valence-corrected chi connectivity index (χ2v) is 10.4. The molecule has 43 heavy (non-hydrogen) atoms. The molecule has 9 nitrogen and oxygen atoms in total. The first-order chi connectivity index (χ1) is 21.0. The summed E-state index contributed by atoms with van der Waals surface area (Å²) < 4.78 is 16.9. The van der Waals surface area contributed by atoms with E-state index >= 15 is 0 Å². The number of allylic oxidation sites excluding steroid dienone is 2. The predicted molar refractivity (Wildman–Crippen MR) is 166 cm³/mol. The van der Waals surface area contributed by atoms with Crippen molar-refractivity contribution in [1.29, 1.82) is 5.26 Å². The first-order valence-corrected chi connectivity index (χ1v) is 14.3. The maximum absolute atomic E-state index is 13.6. The number of methoxy groups -OCH3 is 1. The van der Waals surface area contributed by atoms with Crippen LogP contribution in [0.25, 0.3) is 0 Å². The van der Waals surface area contributed by atoms with Gasteiger partial charge in [-0.15, -0.1) is 0 Å². The van der Waals surface area contributed by atoms with Crippen LogP contribution >= 0.6 is 11.8 Å². The van der Waals surface area contributed by atoms with Gasteiger partial charge in [-0.25, -0.2) is 0 Å². The van der Waals surface area contributed by atoms with E-state index in [1.165, 1.54) is 25.1 Å². The van der Waals surface area contributed by atoms with Crippen molar-refractivity contribution in [2.45, 2.75) is 12.8 Å². The van der Waals surface area contributed by atoms with Crippen LogP contribution in [-0.2, 0) is 9.59 Å². The van der Waals surface area contributed by atoms with Crippen LogP contribution in [0.15, 0.2) is 124 Å². The molecule has 1 aliphatic heterocycles. The molecule has 2 amide bonds. The van der Waals surface area contributed by atoms with Gasteiger partial charge in [0.05, 0.1) is 53.0 Å². The highest BCUT2D eigenvalue weighted by molar-refractivity contribution is 8.03. The van der Waals surface area contributed by atoms with Crippen molar-refractivity contribution in [3.63, 3.8) is 0 Å². The van der Waals surface area contributed by atoms with Crippen molar-refractivity contribution in [3.8, 4) is 23.3 Å². The third-order valence-corrected chi connectivity index (χ3v) is 7.56. The molecule has 0 aliphatic carbocycles. The number of carbonyl (C=O) groups excluding carboxylic acids is 2. The molecule has 0 radical (unpaired) electrons. The van der Waals surface area contributed by atoms with Crippen molar-refractivity contribution < 1.29 is 23.5 Å². The number of rotatable bonds is 10. The second-order valence-electron chi connectivity index (χ2n) is 9.40. The molecule has 10 heteroatoms. The maximum atomic E-state index is 13.6. The number of para-hydroxylation sites is 3. The fourth-order valence-electron chi connectivity index (χ4n) is 4.57. The van der Waals surface area contributed by atoms with Gasteiger partial charge >= 0.3 is 0 Å². The number of carbonyl (C=O) groups is 2. The van der Waals surface area contributed by atoms with Crippen molar-refractivity contribution in [3.05, 3.63) is 125 Å². The van der Waals surface area contributed by atoms with E-state index in [0.29, 0.717) is 44.9 Å². The first kappa shape index (κ1) is 29.1. The molecule has 3 N–H and O–H groups in total. The average molecular weight is 593 g/mol. The molecule has 0 bridgehead atoms. The molecule has 0 fully saturated rings. The van der Waals surface area contributed by atoms with E-state index in [4.69, 9.17) is 13.9 Å². The van der Waals surface area contributed by atoms with Crippen molar-refractivity contribution in [2.24, 2.45) is 0 Å².